The Bertz CT molecular complexity index is 180. The van der Waals surface area contributed by atoms with Gasteiger partial charge in [-0.2, -0.15) is 13.2 Å². The zero-order valence-corrected chi connectivity index (χ0v) is 6.85. The summed E-state index contributed by atoms with van der Waals surface area (Å²) in [5.74, 6) is 0. The van der Waals surface area contributed by atoms with E-state index < -0.39 is 24.0 Å². The molecule has 1 aliphatic heterocycles. The van der Waals surface area contributed by atoms with E-state index in [-0.39, 0.29) is 6.42 Å². The van der Waals surface area contributed by atoms with Crippen LogP contribution in [-0.2, 0) is 4.74 Å². The number of halogens is 3. The van der Waals surface area contributed by atoms with Crippen LogP contribution in [0.4, 0.5) is 13.2 Å². The third-order valence-corrected chi connectivity index (χ3v) is 2.20. The monoisotopic (exact) mass is 184 g/mol. The molecule has 1 heterocycles. The van der Waals surface area contributed by atoms with Crippen molar-refractivity contribution in [3.8, 4) is 0 Å². The fourth-order valence-corrected chi connectivity index (χ4v) is 1.46. The smallest absolute Gasteiger partial charge is 0.378 e. The molecule has 3 atom stereocenters. The zero-order valence-electron chi connectivity index (χ0n) is 6.85. The summed E-state index contributed by atoms with van der Waals surface area (Å²) in [7, 11) is 0. The van der Waals surface area contributed by atoms with Gasteiger partial charge >= 0.3 is 6.18 Å². The fraction of sp³-hybridized carbons (Fsp3) is 1.00. The molecule has 0 radical (unpaired) electrons. The highest BCUT2D eigenvalue weighted by atomic mass is 19.4. The Kier molecular flexibility index (Phi) is 2.12. The van der Waals surface area contributed by atoms with E-state index in [9.17, 15) is 18.3 Å². The van der Waals surface area contributed by atoms with Crippen LogP contribution in [-0.4, -0.2) is 29.1 Å². The number of aliphatic hydroxyl groups is 1. The van der Waals surface area contributed by atoms with Gasteiger partial charge in [0.1, 0.15) is 0 Å². The second-order valence-corrected chi connectivity index (χ2v) is 3.22. The molecular weight excluding hydrogens is 173 g/mol. The largest absolute Gasteiger partial charge is 0.419 e. The summed E-state index contributed by atoms with van der Waals surface area (Å²) in [5, 5.41) is 9.22. The van der Waals surface area contributed by atoms with Crippen LogP contribution in [0.2, 0.25) is 0 Å². The standard InChI is InChI=1S/C7H11F3O2/c1-4-3-6(11,5(2)12-4)7(8,9)10/h4-5,11H,3H2,1-2H3. The van der Waals surface area contributed by atoms with Crippen molar-refractivity contribution in [2.45, 2.75) is 44.3 Å². The first-order chi connectivity index (χ1) is 5.27. The summed E-state index contributed by atoms with van der Waals surface area (Å²) < 4.78 is 41.5. The molecular formula is C7H11F3O2. The molecule has 2 nitrogen and oxygen atoms in total. The molecule has 0 aromatic carbocycles. The Morgan fingerprint density at radius 2 is 1.92 bits per heavy atom. The molecule has 1 N–H and O–H groups in total. The van der Waals surface area contributed by atoms with Gasteiger partial charge in [0.25, 0.3) is 0 Å². The highest BCUT2D eigenvalue weighted by Gasteiger charge is 2.61. The molecule has 0 aliphatic carbocycles. The molecule has 0 amide bonds. The molecule has 0 aromatic heterocycles. The molecule has 5 heteroatoms. The normalized spacial score (nSPS) is 43.5. The van der Waals surface area contributed by atoms with Gasteiger partial charge < -0.3 is 9.84 Å². The zero-order chi connectivity index (χ0) is 9.57. The lowest BCUT2D eigenvalue weighted by Gasteiger charge is -2.28. The molecule has 72 valence electrons. The summed E-state index contributed by atoms with van der Waals surface area (Å²) in [6.45, 7) is 2.75. The molecule has 1 aliphatic rings. The van der Waals surface area contributed by atoms with Crippen molar-refractivity contribution >= 4 is 0 Å². The van der Waals surface area contributed by atoms with Gasteiger partial charge in [0, 0.05) is 6.42 Å². The van der Waals surface area contributed by atoms with E-state index in [0.29, 0.717) is 0 Å². The first kappa shape index (κ1) is 9.80. The van der Waals surface area contributed by atoms with Gasteiger partial charge in [0.15, 0.2) is 5.60 Å². The predicted octanol–water partition coefficient (Wildman–Crippen LogP) is 1.48. The predicted molar refractivity (Wildman–Crippen MR) is 35.6 cm³/mol. The third kappa shape index (κ3) is 1.31. The lowest BCUT2D eigenvalue weighted by atomic mass is 9.94. The summed E-state index contributed by atoms with van der Waals surface area (Å²) in [6.07, 6.45) is -6.69. The Hall–Kier alpha value is -0.290. The second-order valence-electron chi connectivity index (χ2n) is 3.22. The Labute approximate surface area is 68.3 Å². The van der Waals surface area contributed by atoms with Crippen LogP contribution < -0.4 is 0 Å². The molecule has 0 aromatic rings. The maximum absolute atomic E-state index is 12.2. The lowest BCUT2D eigenvalue weighted by Crippen LogP contribution is -2.50. The van der Waals surface area contributed by atoms with Crippen molar-refractivity contribution < 1.29 is 23.0 Å². The maximum atomic E-state index is 12.2. The second kappa shape index (κ2) is 2.60. The fourth-order valence-electron chi connectivity index (χ4n) is 1.46. The summed E-state index contributed by atoms with van der Waals surface area (Å²) >= 11 is 0. The van der Waals surface area contributed by atoms with Crippen LogP contribution in [0.5, 0.6) is 0 Å². The Balaban J connectivity index is 2.85. The van der Waals surface area contributed by atoms with Gasteiger partial charge in [-0.25, -0.2) is 0 Å². The van der Waals surface area contributed by atoms with E-state index in [0.717, 1.165) is 0 Å². The number of ether oxygens (including phenoxy) is 1. The third-order valence-electron chi connectivity index (χ3n) is 2.20. The minimum atomic E-state index is -4.60. The maximum Gasteiger partial charge on any atom is 0.419 e. The molecule has 1 fully saturated rings. The number of hydrogen-bond donors (Lipinski definition) is 1. The summed E-state index contributed by atoms with van der Waals surface area (Å²) in [4.78, 5) is 0. The minimum absolute atomic E-state index is 0.377. The van der Waals surface area contributed by atoms with E-state index >= 15 is 0 Å². The number of alkyl halides is 3. The average molecular weight is 184 g/mol. The van der Waals surface area contributed by atoms with E-state index in [1.165, 1.54) is 13.8 Å². The van der Waals surface area contributed by atoms with Gasteiger partial charge in [-0.1, -0.05) is 0 Å². The van der Waals surface area contributed by atoms with Gasteiger partial charge in [-0.15, -0.1) is 0 Å². The van der Waals surface area contributed by atoms with E-state index in [1.54, 1.807) is 0 Å². The van der Waals surface area contributed by atoms with Crippen LogP contribution in [0.15, 0.2) is 0 Å². The topological polar surface area (TPSA) is 29.5 Å². The number of hydrogen-bond acceptors (Lipinski definition) is 2. The van der Waals surface area contributed by atoms with Crippen LogP contribution >= 0.6 is 0 Å². The van der Waals surface area contributed by atoms with Crippen molar-refractivity contribution in [1.29, 1.82) is 0 Å². The molecule has 1 rings (SSSR count). The highest BCUT2D eigenvalue weighted by Crippen LogP contribution is 2.42. The molecule has 0 bridgehead atoms. The van der Waals surface area contributed by atoms with Crippen molar-refractivity contribution in [2.24, 2.45) is 0 Å². The van der Waals surface area contributed by atoms with Crippen LogP contribution in [0, 0.1) is 0 Å². The average Bonchev–Trinajstić information content (AvgIpc) is 2.06. The molecule has 0 saturated carbocycles. The van der Waals surface area contributed by atoms with Gasteiger partial charge in [0.2, 0.25) is 0 Å². The Morgan fingerprint density at radius 1 is 1.42 bits per heavy atom. The molecule has 0 spiro atoms. The van der Waals surface area contributed by atoms with E-state index in [2.05, 4.69) is 0 Å². The van der Waals surface area contributed by atoms with Crippen LogP contribution in [0.3, 0.4) is 0 Å². The van der Waals surface area contributed by atoms with Crippen molar-refractivity contribution in [2.75, 3.05) is 0 Å². The van der Waals surface area contributed by atoms with E-state index in [1.807, 2.05) is 0 Å². The van der Waals surface area contributed by atoms with Gasteiger partial charge in [-0.3, -0.25) is 0 Å². The summed E-state index contributed by atoms with van der Waals surface area (Å²) in [5.41, 5.74) is -2.66. The van der Waals surface area contributed by atoms with Crippen molar-refractivity contribution in [3.05, 3.63) is 0 Å². The Morgan fingerprint density at radius 3 is 2.08 bits per heavy atom. The minimum Gasteiger partial charge on any atom is -0.378 e. The van der Waals surface area contributed by atoms with Crippen molar-refractivity contribution in [3.63, 3.8) is 0 Å². The van der Waals surface area contributed by atoms with Crippen LogP contribution in [0.25, 0.3) is 0 Å². The van der Waals surface area contributed by atoms with Crippen LogP contribution in [0.1, 0.15) is 20.3 Å². The van der Waals surface area contributed by atoms with Gasteiger partial charge in [-0.05, 0) is 13.8 Å². The van der Waals surface area contributed by atoms with Gasteiger partial charge in [0.05, 0.1) is 12.2 Å². The molecule has 3 unspecified atom stereocenters. The molecule has 12 heavy (non-hydrogen) atoms. The first-order valence-corrected chi connectivity index (χ1v) is 3.72. The summed E-state index contributed by atoms with van der Waals surface area (Å²) in [6, 6.07) is 0. The quantitative estimate of drug-likeness (QED) is 0.617. The first-order valence-electron chi connectivity index (χ1n) is 3.72. The number of rotatable bonds is 0. The SMILES string of the molecule is CC1CC(O)(C(F)(F)F)C(C)O1. The highest BCUT2D eigenvalue weighted by molar-refractivity contribution is 4.98. The van der Waals surface area contributed by atoms with E-state index in [4.69, 9.17) is 4.74 Å². The molecule has 1 saturated heterocycles. The van der Waals surface area contributed by atoms with Crippen molar-refractivity contribution in [1.82, 2.24) is 0 Å². The lowest BCUT2D eigenvalue weighted by molar-refractivity contribution is -0.271.